The van der Waals surface area contributed by atoms with E-state index in [1.807, 2.05) is 24.3 Å². The van der Waals surface area contributed by atoms with Crippen LogP contribution in [0.3, 0.4) is 0 Å². The van der Waals surface area contributed by atoms with E-state index in [0.29, 0.717) is 11.4 Å². The van der Waals surface area contributed by atoms with Gasteiger partial charge in [-0.3, -0.25) is 16.0 Å². The number of nitrogens with zero attached hydrogens (tertiary/aromatic N) is 1. The number of para-hydroxylation sites is 1. The number of nitro groups is 1. The third kappa shape index (κ3) is 3.65. The molecule has 0 amide bonds. The minimum atomic E-state index is -0.466. The van der Waals surface area contributed by atoms with Gasteiger partial charge in [-0.15, -0.1) is 11.8 Å². The van der Waals surface area contributed by atoms with Crippen LogP contribution in [-0.2, 0) is 5.75 Å². The van der Waals surface area contributed by atoms with Crippen LogP contribution >= 0.6 is 11.8 Å². The molecule has 6 nitrogen and oxygen atoms in total. The van der Waals surface area contributed by atoms with Crippen LogP contribution in [0.25, 0.3) is 0 Å². The molecule has 2 aromatic carbocycles. The average molecular weight is 305 g/mol. The Morgan fingerprint density at radius 2 is 2.10 bits per heavy atom. The maximum absolute atomic E-state index is 10.8. The Hall–Kier alpha value is -2.25. The third-order valence-corrected chi connectivity index (χ3v) is 4.00. The molecule has 0 unspecified atom stereocenters. The highest BCUT2D eigenvalue weighted by Gasteiger charge is 2.13. The molecule has 0 saturated heterocycles. The lowest BCUT2D eigenvalue weighted by Gasteiger charge is -2.09. The van der Waals surface area contributed by atoms with Gasteiger partial charge < -0.3 is 10.2 Å². The van der Waals surface area contributed by atoms with Gasteiger partial charge in [0.15, 0.2) is 0 Å². The summed E-state index contributed by atoms with van der Waals surface area (Å²) in [6.07, 6.45) is 0. The lowest BCUT2D eigenvalue weighted by atomic mass is 10.2. The summed E-state index contributed by atoms with van der Waals surface area (Å²) in [6, 6.07) is 12.6. The Morgan fingerprint density at radius 1 is 1.33 bits per heavy atom. The van der Waals surface area contributed by atoms with Crippen molar-refractivity contribution >= 4 is 23.1 Å². The van der Waals surface area contributed by atoms with Crippen molar-refractivity contribution in [2.75, 3.05) is 12.5 Å². The van der Waals surface area contributed by atoms with Crippen LogP contribution in [0, 0.1) is 10.1 Å². The fraction of sp³-hybridized carbons (Fsp3) is 0.143. The van der Waals surface area contributed by atoms with Gasteiger partial charge in [0.25, 0.3) is 5.69 Å². The minimum absolute atomic E-state index is 0.0384. The van der Waals surface area contributed by atoms with Gasteiger partial charge in [-0.25, -0.2) is 0 Å². The molecule has 3 N–H and O–H groups in total. The normalized spacial score (nSPS) is 10.2. The first-order valence-corrected chi connectivity index (χ1v) is 7.14. The van der Waals surface area contributed by atoms with Crippen molar-refractivity contribution in [2.45, 2.75) is 10.6 Å². The predicted molar refractivity (Wildman–Crippen MR) is 83.5 cm³/mol. The number of hydrogen-bond acceptors (Lipinski definition) is 6. The van der Waals surface area contributed by atoms with Gasteiger partial charge in [0.05, 0.1) is 12.0 Å². The van der Waals surface area contributed by atoms with Crippen molar-refractivity contribution < 1.29 is 9.66 Å². The average Bonchev–Trinajstić information content (AvgIpc) is 2.52. The number of thioether (sulfide) groups is 1. The maximum Gasteiger partial charge on any atom is 0.293 e. The number of nitrogens with one attached hydrogen (secondary N) is 1. The van der Waals surface area contributed by atoms with Crippen molar-refractivity contribution in [1.29, 1.82) is 0 Å². The summed E-state index contributed by atoms with van der Waals surface area (Å²) in [6.45, 7) is 0. The second kappa shape index (κ2) is 6.96. The van der Waals surface area contributed by atoms with Gasteiger partial charge >= 0.3 is 0 Å². The third-order valence-electron chi connectivity index (χ3n) is 2.88. The van der Waals surface area contributed by atoms with Crippen molar-refractivity contribution in [3.8, 4) is 5.75 Å². The zero-order valence-corrected chi connectivity index (χ0v) is 12.2. The number of nitrogen functional groups attached to an aromatic ring is 1. The lowest BCUT2D eigenvalue weighted by Crippen LogP contribution is -2.09. The Labute approximate surface area is 126 Å². The minimum Gasteiger partial charge on any atom is -0.496 e. The van der Waals surface area contributed by atoms with Gasteiger partial charge in [0, 0.05) is 16.7 Å². The molecule has 21 heavy (non-hydrogen) atoms. The number of rotatable bonds is 6. The van der Waals surface area contributed by atoms with Crippen LogP contribution in [0.1, 0.15) is 5.56 Å². The maximum atomic E-state index is 10.8. The smallest absolute Gasteiger partial charge is 0.293 e. The molecular weight excluding hydrogens is 290 g/mol. The molecule has 0 heterocycles. The van der Waals surface area contributed by atoms with E-state index >= 15 is 0 Å². The Kier molecular flexibility index (Phi) is 5.02. The van der Waals surface area contributed by atoms with E-state index in [1.165, 1.54) is 6.07 Å². The van der Waals surface area contributed by atoms with E-state index in [4.69, 9.17) is 10.6 Å². The van der Waals surface area contributed by atoms with Crippen molar-refractivity contribution in [3.05, 3.63) is 58.1 Å². The second-order valence-corrected chi connectivity index (χ2v) is 5.21. The first-order valence-electron chi connectivity index (χ1n) is 6.15. The number of hydrazine groups is 1. The molecule has 2 aromatic rings. The van der Waals surface area contributed by atoms with Crippen molar-refractivity contribution in [2.24, 2.45) is 5.84 Å². The standard InChI is InChI=1S/C14H15N3O3S/c1-20-13-4-2-3-5-14(13)21-9-10-6-7-12(17(18)19)11(8-10)16-15/h2-8,16H,9,15H2,1H3. The number of anilines is 1. The van der Waals surface area contributed by atoms with Gasteiger partial charge in [-0.05, 0) is 23.8 Å². The molecule has 0 aliphatic carbocycles. The van der Waals surface area contributed by atoms with Crippen molar-refractivity contribution in [1.82, 2.24) is 0 Å². The molecule has 0 atom stereocenters. The van der Waals surface area contributed by atoms with Crippen LogP contribution in [0.15, 0.2) is 47.4 Å². The fourth-order valence-electron chi connectivity index (χ4n) is 1.85. The highest BCUT2D eigenvalue weighted by atomic mass is 32.2. The Morgan fingerprint density at radius 3 is 2.76 bits per heavy atom. The molecule has 0 aliphatic rings. The fourth-order valence-corrected chi connectivity index (χ4v) is 2.82. The van der Waals surface area contributed by atoms with E-state index in [2.05, 4.69) is 5.43 Å². The predicted octanol–water partition coefficient (Wildman–Crippen LogP) is 3.18. The topological polar surface area (TPSA) is 90.4 Å². The zero-order valence-electron chi connectivity index (χ0n) is 11.4. The summed E-state index contributed by atoms with van der Waals surface area (Å²) < 4.78 is 5.29. The molecule has 0 fully saturated rings. The molecule has 2 rings (SSSR count). The van der Waals surface area contributed by atoms with Gasteiger partial charge in [-0.2, -0.15) is 0 Å². The first kappa shape index (κ1) is 15.1. The highest BCUT2D eigenvalue weighted by Crippen LogP contribution is 2.33. The summed E-state index contributed by atoms with van der Waals surface area (Å²) >= 11 is 1.59. The monoisotopic (exact) mass is 305 g/mol. The van der Waals surface area contributed by atoms with Crippen LogP contribution < -0.4 is 16.0 Å². The molecule has 0 radical (unpaired) electrons. The molecule has 0 bridgehead atoms. The van der Waals surface area contributed by atoms with Crippen molar-refractivity contribution in [3.63, 3.8) is 0 Å². The van der Waals surface area contributed by atoms with Gasteiger partial charge in [-0.1, -0.05) is 18.2 Å². The zero-order chi connectivity index (χ0) is 15.2. The number of ether oxygens (including phenoxy) is 1. The van der Waals surface area contributed by atoms with Gasteiger partial charge in [0.2, 0.25) is 0 Å². The SMILES string of the molecule is COc1ccccc1SCc1ccc([N+](=O)[O-])c(NN)c1. The molecule has 0 aliphatic heterocycles. The molecule has 110 valence electrons. The second-order valence-electron chi connectivity index (χ2n) is 4.19. The number of hydrogen-bond donors (Lipinski definition) is 2. The van der Waals surface area contributed by atoms with Crippen LogP contribution in [-0.4, -0.2) is 12.0 Å². The van der Waals surface area contributed by atoms with E-state index in [9.17, 15) is 10.1 Å². The quantitative estimate of drug-likeness (QED) is 0.369. The lowest BCUT2D eigenvalue weighted by molar-refractivity contribution is -0.384. The molecular formula is C14H15N3O3S. The van der Waals surface area contributed by atoms with Crippen LogP contribution in [0.5, 0.6) is 5.75 Å². The summed E-state index contributed by atoms with van der Waals surface area (Å²) in [7, 11) is 1.63. The van der Waals surface area contributed by atoms with E-state index in [0.717, 1.165) is 16.2 Å². The number of nitrogens with two attached hydrogens (primary N) is 1. The van der Waals surface area contributed by atoms with E-state index < -0.39 is 4.92 Å². The highest BCUT2D eigenvalue weighted by molar-refractivity contribution is 7.98. The summed E-state index contributed by atoms with van der Waals surface area (Å²) in [5.41, 5.74) is 3.56. The Bertz CT molecular complexity index is 649. The number of methoxy groups -OCH3 is 1. The number of nitro benzene ring substituents is 1. The number of benzene rings is 2. The summed E-state index contributed by atoms with van der Waals surface area (Å²) in [5.74, 6) is 6.80. The molecule has 0 spiro atoms. The Balaban J connectivity index is 2.15. The van der Waals surface area contributed by atoms with Crippen LogP contribution in [0.4, 0.5) is 11.4 Å². The van der Waals surface area contributed by atoms with E-state index in [1.54, 1.807) is 31.0 Å². The largest absolute Gasteiger partial charge is 0.496 e. The molecule has 0 saturated carbocycles. The van der Waals surface area contributed by atoms with E-state index in [-0.39, 0.29) is 5.69 Å². The summed E-state index contributed by atoms with van der Waals surface area (Å²) in [5, 5.41) is 10.8. The van der Waals surface area contributed by atoms with Crippen LogP contribution in [0.2, 0.25) is 0 Å². The molecule has 0 aromatic heterocycles. The summed E-state index contributed by atoms with van der Waals surface area (Å²) in [4.78, 5) is 11.4. The van der Waals surface area contributed by atoms with Gasteiger partial charge in [0.1, 0.15) is 11.4 Å². The first-order chi connectivity index (χ1) is 10.2. The molecule has 7 heteroatoms.